The molecule has 1 aromatic heterocycles. The van der Waals surface area contributed by atoms with Crippen LogP contribution in [-0.4, -0.2) is 30.4 Å². The molecule has 0 saturated carbocycles. The predicted molar refractivity (Wildman–Crippen MR) is 120 cm³/mol. The lowest BCUT2D eigenvalue weighted by atomic mass is 10.2. The Kier molecular flexibility index (Phi) is 7.39. The smallest absolute Gasteiger partial charge is 0.249 e. The van der Waals surface area contributed by atoms with Gasteiger partial charge in [0, 0.05) is 35.7 Å². The van der Waals surface area contributed by atoms with Crippen molar-refractivity contribution in [2.24, 2.45) is 4.99 Å². The molecule has 0 spiro atoms. The van der Waals surface area contributed by atoms with Gasteiger partial charge in [0.1, 0.15) is 0 Å². The number of aryl methyl sites for hydroxylation is 2. The number of ether oxygens (including phenoxy) is 2. The Morgan fingerprint density at radius 1 is 1.14 bits per heavy atom. The standard InChI is InChI=1S/C22H26N2O3S2/c1-5-11-24-17-13-18(26-3)19(27-4)14-20(17)29-22(24)23-21(25)10-12-28-16-8-6-15(2)7-9-16/h6-9,13-14H,5,10-12H2,1-4H3. The fourth-order valence-electron chi connectivity index (χ4n) is 2.97. The lowest BCUT2D eigenvalue weighted by Crippen LogP contribution is -2.17. The number of rotatable bonds is 8. The van der Waals surface area contributed by atoms with Gasteiger partial charge in [0.25, 0.3) is 0 Å². The maximum atomic E-state index is 12.5. The van der Waals surface area contributed by atoms with Crippen molar-refractivity contribution < 1.29 is 14.3 Å². The zero-order valence-corrected chi connectivity index (χ0v) is 18.9. The summed E-state index contributed by atoms with van der Waals surface area (Å²) in [5.74, 6) is 1.97. The second-order valence-electron chi connectivity index (χ2n) is 6.63. The van der Waals surface area contributed by atoms with E-state index >= 15 is 0 Å². The molecule has 154 valence electrons. The number of amides is 1. The Hall–Kier alpha value is -2.25. The molecule has 3 rings (SSSR count). The number of nitrogens with zero attached hydrogens (tertiary/aromatic N) is 2. The molecule has 0 aliphatic carbocycles. The van der Waals surface area contributed by atoms with Gasteiger partial charge in [0.2, 0.25) is 5.91 Å². The number of fused-ring (bicyclic) bond motifs is 1. The molecule has 29 heavy (non-hydrogen) atoms. The molecule has 7 heteroatoms. The normalized spacial score (nSPS) is 11.8. The lowest BCUT2D eigenvalue weighted by molar-refractivity contribution is -0.117. The Balaban J connectivity index is 1.82. The molecule has 3 aromatic rings. The van der Waals surface area contributed by atoms with Crippen molar-refractivity contribution in [3.63, 3.8) is 0 Å². The highest BCUT2D eigenvalue weighted by atomic mass is 32.2. The number of thioether (sulfide) groups is 1. The first-order valence-electron chi connectivity index (χ1n) is 9.58. The summed E-state index contributed by atoms with van der Waals surface area (Å²) in [5, 5.41) is 0. The molecule has 1 amide bonds. The van der Waals surface area contributed by atoms with Crippen LogP contribution in [0, 0.1) is 6.92 Å². The summed E-state index contributed by atoms with van der Waals surface area (Å²) in [6, 6.07) is 12.2. The minimum atomic E-state index is -0.0973. The van der Waals surface area contributed by atoms with Gasteiger partial charge in [0.15, 0.2) is 16.3 Å². The summed E-state index contributed by atoms with van der Waals surface area (Å²) in [4.78, 5) is 18.8. The highest BCUT2D eigenvalue weighted by Crippen LogP contribution is 2.33. The Morgan fingerprint density at radius 2 is 1.83 bits per heavy atom. The van der Waals surface area contributed by atoms with Crippen LogP contribution in [0.3, 0.4) is 0 Å². The fourth-order valence-corrected chi connectivity index (χ4v) is 4.90. The minimum Gasteiger partial charge on any atom is -0.493 e. The van der Waals surface area contributed by atoms with Crippen LogP contribution in [0.5, 0.6) is 11.5 Å². The first-order chi connectivity index (χ1) is 14.0. The number of carbonyl (C=O) groups is 1. The summed E-state index contributed by atoms with van der Waals surface area (Å²) in [6.07, 6.45) is 1.36. The van der Waals surface area contributed by atoms with Crippen molar-refractivity contribution in [3.8, 4) is 11.5 Å². The van der Waals surface area contributed by atoms with Crippen LogP contribution in [0.15, 0.2) is 46.3 Å². The fraction of sp³-hybridized carbons (Fsp3) is 0.364. The van der Waals surface area contributed by atoms with E-state index < -0.39 is 0 Å². The van der Waals surface area contributed by atoms with Gasteiger partial charge in [-0.1, -0.05) is 36.0 Å². The first-order valence-corrected chi connectivity index (χ1v) is 11.4. The van der Waals surface area contributed by atoms with Crippen molar-refractivity contribution >= 4 is 39.2 Å². The van der Waals surface area contributed by atoms with E-state index in [9.17, 15) is 4.79 Å². The molecule has 0 saturated heterocycles. The number of thiazole rings is 1. The maximum absolute atomic E-state index is 12.5. The van der Waals surface area contributed by atoms with Crippen molar-refractivity contribution in [1.29, 1.82) is 0 Å². The number of hydrogen-bond donors (Lipinski definition) is 0. The highest BCUT2D eigenvalue weighted by Gasteiger charge is 2.13. The number of hydrogen-bond acceptors (Lipinski definition) is 5. The summed E-state index contributed by atoms with van der Waals surface area (Å²) in [5.41, 5.74) is 2.24. The molecule has 0 N–H and O–H groups in total. The summed E-state index contributed by atoms with van der Waals surface area (Å²) < 4.78 is 14.0. The second kappa shape index (κ2) is 9.98. The molecule has 0 bridgehead atoms. The lowest BCUT2D eigenvalue weighted by Gasteiger charge is -2.08. The molecule has 5 nitrogen and oxygen atoms in total. The van der Waals surface area contributed by atoms with Crippen LogP contribution in [0.1, 0.15) is 25.3 Å². The van der Waals surface area contributed by atoms with Gasteiger partial charge >= 0.3 is 0 Å². The van der Waals surface area contributed by atoms with Crippen LogP contribution in [0.25, 0.3) is 10.2 Å². The van der Waals surface area contributed by atoms with E-state index in [2.05, 4.69) is 47.7 Å². The van der Waals surface area contributed by atoms with E-state index in [4.69, 9.17) is 9.47 Å². The molecule has 0 unspecified atom stereocenters. The number of benzene rings is 2. The van der Waals surface area contributed by atoms with Gasteiger partial charge in [0.05, 0.1) is 24.4 Å². The van der Waals surface area contributed by atoms with Crippen LogP contribution >= 0.6 is 23.1 Å². The first kappa shape index (κ1) is 21.5. The average Bonchev–Trinajstić information content (AvgIpc) is 3.04. The molecule has 0 aliphatic heterocycles. The Morgan fingerprint density at radius 3 is 2.48 bits per heavy atom. The summed E-state index contributed by atoms with van der Waals surface area (Å²) in [7, 11) is 3.25. The van der Waals surface area contributed by atoms with Gasteiger partial charge in [-0.2, -0.15) is 4.99 Å². The number of methoxy groups -OCH3 is 2. The molecular weight excluding hydrogens is 404 g/mol. The second-order valence-corrected chi connectivity index (χ2v) is 8.81. The summed E-state index contributed by atoms with van der Waals surface area (Å²) >= 11 is 3.19. The monoisotopic (exact) mass is 430 g/mol. The largest absolute Gasteiger partial charge is 0.493 e. The third-order valence-electron chi connectivity index (χ3n) is 4.46. The van der Waals surface area contributed by atoms with Gasteiger partial charge in [-0.3, -0.25) is 4.79 Å². The van der Waals surface area contributed by atoms with E-state index in [1.807, 2.05) is 12.1 Å². The average molecular weight is 431 g/mol. The van der Waals surface area contributed by atoms with Gasteiger partial charge in [-0.05, 0) is 25.5 Å². The van der Waals surface area contributed by atoms with E-state index in [0.29, 0.717) is 23.7 Å². The zero-order chi connectivity index (χ0) is 20.8. The topological polar surface area (TPSA) is 52.8 Å². The molecule has 2 aromatic carbocycles. The SMILES string of the molecule is CCCn1c(=NC(=O)CCSc2ccc(C)cc2)sc2cc(OC)c(OC)cc21. The number of aromatic nitrogens is 1. The van der Waals surface area contributed by atoms with E-state index in [-0.39, 0.29) is 5.91 Å². The third-order valence-corrected chi connectivity index (χ3v) is 6.52. The summed E-state index contributed by atoms with van der Waals surface area (Å²) in [6.45, 7) is 4.97. The maximum Gasteiger partial charge on any atom is 0.249 e. The zero-order valence-electron chi connectivity index (χ0n) is 17.2. The van der Waals surface area contributed by atoms with Crippen LogP contribution in [0.4, 0.5) is 0 Å². The third kappa shape index (κ3) is 5.22. The molecule has 0 fully saturated rings. The van der Waals surface area contributed by atoms with Crippen LogP contribution in [-0.2, 0) is 11.3 Å². The Bertz CT molecular complexity index is 1050. The molecule has 1 heterocycles. The van der Waals surface area contributed by atoms with Crippen molar-refractivity contribution in [3.05, 3.63) is 46.8 Å². The van der Waals surface area contributed by atoms with E-state index in [1.165, 1.54) is 21.8 Å². The van der Waals surface area contributed by atoms with Crippen molar-refractivity contribution in [2.45, 2.75) is 38.1 Å². The van der Waals surface area contributed by atoms with Crippen LogP contribution < -0.4 is 14.3 Å². The quantitative estimate of drug-likeness (QED) is 0.469. The highest BCUT2D eigenvalue weighted by molar-refractivity contribution is 7.99. The molecule has 0 radical (unpaired) electrons. The van der Waals surface area contributed by atoms with Crippen molar-refractivity contribution in [2.75, 3.05) is 20.0 Å². The minimum absolute atomic E-state index is 0.0973. The van der Waals surface area contributed by atoms with E-state index in [0.717, 1.165) is 28.0 Å². The van der Waals surface area contributed by atoms with Gasteiger partial charge < -0.3 is 14.0 Å². The molecular formula is C22H26N2O3S2. The van der Waals surface area contributed by atoms with Gasteiger partial charge in [-0.25, -0.2) is 0 Å². The Labute approximate surface area is 179 Å². The number of carbonyl (C=O) groups excluding carboxylic acids is 1. The molecule has 0 atom stereocenters. The predicted octanol–water partition coefficient (Wildman–Crippen LogP) is 5.05. The van der Waals surface area contributed by atoms with Gasteiger partial charge in [-0.15, -0.1) is 11.8 Å². The van der Waals surface area contributed by atoms with Crippen LogP contribution in [0.2, 0.25) is 0 Å². The molecule has 0 aliphatic rings. The van der Waals surface area contributed by atoms with Crippen molar-refractivity contribution in [1.82, 2.24) is 4.57 Å². The van der Waals surface area contributed by atoms with E-state index in [1.54, 1.807) is 26.0 Å².